The molecular formula is C9H16F2N2O2. The Labute approximate surface area is 87.4 Å². The van der Waals surface area contributed by atoms with Crippen molar-refractivity contribution in [3.05, 3.63) is 0 Å². The summed E-state index contributed by atoms with van der Waals surface area (Å²) in [6.45, 7) is 1.70. The molecule has 0 radical (unpaired) electrons. The first kappa shape index (κ1) is 12.3. The lowest BCUT2D eigenvalue weighted by molar-refractivity contribution is -0.124. The molecule has 88 valence electrons. The largest absolute Gasteiger partial charge is 0.383 e. The van der Waals surface area contributed by atoms with Gasteiger partial charge < -0.3 is 10.1 Å². The highest BCUT2D eigenvalue weighted by molar-refractivity contribution is 5.82. The van der Waals surface area contributed by atoms with E-state index in [1.54, 1.807) is 6.92 Å². The molecular weight excluding hydrogens is 206 g/mol. The van der Waals surface area contributed by atoms with Crippen LogP contribution >= 0.6 is 0 Å². The van der Waals surface area contributed by atoms with E-state index in [4.69, 9.17) is 4.74 Å². The van der Waals surface area contributed by atoms with Crippen molar-refractivity contribution in [3.8, 4) is 0 Å². The molecule has 2 atom stereocenters. The highest BCUT2D eigenvalue weighted by Gasteiger charge is 2.42. The summed E-state index contributed by atoms with van der Waals surface area (Å²) >= 11 is 0. The minimum absolute atomic E-state index is 0.168. The Kier molecular flexibility index (Phi) is 3.98. The molecule has 1 fully saturated rings. The van der Waals surface area contributed by atoms with Crippen molar-refractivity contribution in [3.63, 3.8) is 0 Å². The van der Waals surface area contributed by atoms with Gasteiger partial charge in [-0.25, -0.2) is 8.78 Å². The van der Waals surface area contributed by atoms with Crippen molar-refractivity contribution in [2.75, 3.05) is 20.3 Å². The molecule has 0 spiro atoms. The molecule has 1 rings (SSSR count). The molecule has 1 aliphatic heterocycles. The van der Waals surface area contributed by atoms with Gasteiger partial charge in [0.25, 0.3) is 5.92 Å². The maximum Gasteiger partial charge on any atom is 0.262 e. The Balaban J connectivity index is 2.35. The van der Waals surface area contributed by atoms with Gasteiger partial charge in [-0.05, 0) is 6.92 Å². The molecule has 1 saturated heterocycles. The van der Waals surface area contributed by atoms with Crippen LogP contribution in [-0.2, 0) is 9.53 Å². The van der Waals surface area contributed by atoms with E-state index in [2.05, 4.69) is 10.6 Å². The van der Waals surface area contributed by atoms with Crippen LogP contribution in [-0.4, -0.2) is 44.2 Å². The molecule has 1 amide bonds. The summed E-state index contributed by atoms with van der Waals surface area (Å²) in [7, 11) is 1.52. The lowest BCUT2D eigenvalue weighted by atomic mass is 10.1. The Morgan fingerprint density at radius 2 is 2.40 bits per heavy atom. The lowest BCUT2D eigenvalue weighted by Crippen LogP contribution is -2.45. The van der Waals surface area contributed by atoms with Gasteiger partial charge in [0.05, 0.1) is 19.2 Å². The van der Waals surface area contributed by atoms with Crippen molar-refractivity contribution < 1.29 is 18.3 Å². The number of halogens is 2. The summed E-state index contributed by atoms with van der Waals surface area (Å²) in [5.74, 6) is -3.16. The third-order valence-corrected chi connectivity index (χ3v) is 2.23. The zero-order chi connectivity index (χ0) is 11.5. The number of amides is 1. The van der Waals surface area contributed by atoms with Gasteiger partial charge in [-0.15, -0.1) is 0 Å². The normalized spacial score (nSPS) is 26.3. The average molecular weight is 222 g/mol. The fourth-order valence-electron chi connectivity index (χ4n) is 1.54. The van der Waals surface area contributed by atoms with Crippen LogP contribution in [0.25, 0.3) is 0 Å². The van der Waals surface area contributed by atoms with Crippen molar-refractivity contribution in [1.29, 1.82) is 0 Å². The van der Waals surface area contributed by atoms with Crippen LogP contribution in [0.2, 0.25) is 0 Å². The summed E-state index contributed by atoms with van der Waals surface area (Å²) in [6.07, 6.45) is -0.432. The van der Waals surface area contributed by atoms with Crippen molar-refractivity contribution in [1.82, 2.24) is 10.6 Å². The first-order valence-corrected chi connectivity index (χ1v) is 4.85. The van der Waals surface area contributed by atoms with Gasteiger partial charge >= 0.3 is 0 Å². The monoisotopic (exact) mass is 222 g/mol. The van der Waals surface area contributed by atoms with Crippen LogP contribution in [0.1, 0.15) is 13.3 Å². The van der Waals surface area contributed by atoms with Gasteiger partial charge in [0, 0.05) is 19.6 Å². The van der Waals surface area contributed by atoms with Gasteiger partial charge in [-0.2, -0.15) is 0 Å². The molecule has 1 unspecified atom stereocenters. The minimum Gasteiger partial charge on any atom is -0.383 e. The van der Waals surface area contributed by atoms with Crippen LogP contribution in [0.5, 0.6) is 0 Å². The van der Waals surface area contributed by atoms with Gasteiger partial charge in [0.2, 0.25) is 5.91 Å². The number of nitrogens with one attached hydrogen (secondary N) is 2. The molecule has 0 aromatic carbocycles. The van der Waals surface area contributed by atoms with Crippen LogP contribution in [0, 0.1) is 0 Å². The van der Waals surface area contributed by atoms with E-state index in [0.717, 1.165) is 0 Å². The molecule has 4 nitrogen and oxygen atoms in total. The van der Waals surface area contributed by atoms with Crippen molar-refractivity contribution in [2.24, 2.45) is 0 Å². The highest BCUT2D eigenvalue weighted by atomic mass is 19.3. The number of rotatable bonds is 4. The predicted molar refractivity (Wildman–Crippen MR) is 50.8 cm³/mol. The van der Waals surface area contributed by atoms with E-state index in [1.807, 2.05) is 0 Å². The zero-order valence-electron chi connectivity index (χ0n) is 8.85. The highest BCUT2D eigenvalue weighted by Crippen LogP contribution is 2.24. The fourth-order valence-corrected chi connectivity index (χ4v) is 1.54. The minimum atomic E-state index is -2.77. The van der Waals surface area contributed by atoms with E-state index in [9.17, 15) is 13.6 Å². The molecule has 2 N–H and O–H groups in total. The van der Waals surface area contributed by atoms with Gasteiger partial charge in [-0.1, -0.05) is 0 Å². The third kappa shape index (κ3) is 3.71. The van der Waals surface area contributed by atoms with Crippen LogP contribution in [0.15, 0.2) is 0 Å². The zero-order valence-corrected chi connectivity index (χ0v) is 8.85. The van der Waals surface area contributed by atoms with E-state index >= 15 is 0 Å². The van der Waals surface area contributed by atoms with Crippen LogP contribution in [0.3, 0.4) is 0 Å². The lowest BCUT2D eigenvalue weighted by Gasteiger charge is -2.16. The molecule has 0 saturated carbocycles. The van der Waals surface area contributed by atoms with Crippen molar-refractivity contribution >= 4 is 5.91 Å². The van der Waals surface area contributed by atoms with E-state index in [0.29, 0.717) is 6.61 Å². The summed E-state index contributed by atoms with van der Waals surface area (Å²) < 4.78 is 30.4. The maximum atomic E-state index is 12.8. The number of ether oxygens (including phenoxy) is 1. The first-order valence-electron chi connectivity index (χ1n) is 4.85. The van der Waals surface area contributed by atoms with Gasteiger partial charge in [0.1, 0.15) is 0 Å². The Hall–Kier alpha value is -0.750. The van der Waals surface area contributed by atoms with E-state index < -0.39 is 30.8 Å². The predicted octanol–water partition coefficient (Wildman–Crippen LogP) is 0.135. The quantitative estimate of drug-likeness (QED) is 0.711. The molecule has 0 aromatic heterocycles. The van der Waals surface area contributed by atoms with E-state index in [1.165, 1.54) is 7.11 Å². The molecule has 0 aromatic rings. The van der Waals surface area contributed by atoms with E-state index in [-0.39, 0.29) is 6.04 Å². The topological polar surface area (TPSA) is 50.4 Å². The number of hydrogen-bond acceptors (Lipinski definition) is 3. The number of carbonyl (C=O) groups is 1. The second-order valence-corrected chi connectivity index (χ2v) is 3.86. The number of hydrogen-bond donors (Lipinski definition) is 2. The Morgan fingerprint density at radius 1 is 1.73 bits per heavy atom. The first-order chi connectivity index (χ1) is 6.94. The molecule has 1 aliphatic rings. The summed E-state index contributed by atoms with van der Waals surface area (Å²) in [6, 6.07) is -0.960. The third-order valence-electron chi connectivity index (χ3n) is 2.23. The Morgan fingerprint density at radius 3 is 2.87 bits per heavy atom. The second-order valence-electron chi connectivity index (χ2n) is 3.86. The number of carbonyl (C=O) groups excluding carboxylic acids is 1. The SMILES string of the molecule is COC[C@@H](C)NC(=O)C1CC(F)(F)CN1. The molecule has 0 bridgehead atoms. The van der Waals surface area contributed by atoms with Gasteiger partial charge in [0.15, 0.2) is 0 Å². The van der Waals surface area contributed by atoms with Gasteiger partial charge in [-0.3, -0.25) is 10.1 Å². The fraction of sp³-hybridized carbons (Fsp3) is 0.889. The Bertz CT molecular complexity index is 236. The molecule has 0 aliphatic carbocycles. The summed E-state index contributed by atoms with van der Waals surface area (Å²) in [5.41, 5.74) is 0. The number of methoxy groups -OCH3 is 1. The van der Waals surface area contributed by atoms with Crippen LogP contribution in [0.4, 0.5) is 8.78 Å². The second kappa shape index (κ2) is 4.85. The maximum absolute atomic E-state index is 12.8. The summed E-state index contributed by atoms with van der Waals surface area (Å²) in [4.78, 5) is 11.5. The molecule has 15 heavy (non-hydrogen) atoms. The summed E-state index contributed by atoms with van der Waals surface area (Å²) in [5, 5.41) is 5.09. The molecule has 6 heteroatoms. The standard InChI is InChI=1S/C9H16F2N2O2/c1-6(4-15-2)13-8(14)7-3-9(10,11)5-12-7/h6-7,12H,3-5H2,1-2H3,(H,13,14)/t6-,7?/m1/s1. The van der Waals surface area contributed by atoms with Crippen molar-refractivity contribution in [2.45, 2.75) is 31.4 Å². The van der Waals surface area contributed by atoms with Crippen LogP contribution < -0.4 is 10.6 Å². The molecule has 1 heterocycles. The average Bonchev–Trinajstić information content (AvgIpc) is 2.46. The number of alkyl halides is 2. The smallest absolute Gasteiger partial charge is 0.262 e.